The van der Waals surface area contributed by atoms with Crippen LogP contribution in [-0.4, -0.2) is 65.2 Å². The summed E-state index contributed by atoms with van der Waals surface area (Å²) in [4.78, 5) is 30.4. The summed E-state index contributed by atoms with van der Waals surface area (Å²) in [5.74, 6) is 0.783. The molecule has 0 aliphatic carbocycles. The lowest BCUT2D eigenvalue weighted by atomic mass is 9.98. The molecule has 0 saturated carbocycles. The predicted octanol–water partition coefficient (Wildman–Crippen LogP) is 2.29. The van der Waals surface area contributed by atoms with Crippen LogP contribution in [-0.2, 0) is 27.2 Å². The van der Waals surface area contributed by atoms with E-state index in [9.17, 15) is 9.59 Å². The molecule has 3 heterocycles. The van der Waals surface area contributed by atoms with Crippen molar-refractivity contribution in [2.24, 2.45) is 0 Å². The molecule has 2 amide bonds. The van der Waals surface area contributed by atoms with Gasteiger partial charge in [-0.25, -0.2) is 0 Å². The zero-order chi connectivity index (χ0) is 21.3. The Morgan fingerprint density at radius 2 is 2.00 bits per heavy atom. The van der Waals surface area contributed by atoms with Crippen LogP contribution in [0.2, 0.25) is 0 Å². The molecule has 7 heteroatoms. The van der Waals surface area contributed by atoms with Crippen LogP contribution >= 0.6 is 0 Å². The van der Waals surface area contributed by atoms with Gasteiger partial charge in [-0.3, -0.25) is 9.59 Å². The van der Waals surface area contributed by atoms with Gasteiger partial charge in [0.05, 0.1) is 17.8 Å². The van der Waals surface area contributed by atoms with Crippen LogP contribution in [0.1, 0.15) is 35.4 Å². The number of benzene rings is 1. The van der Waals surface area contributed by atoms with Gasteiger partial charge in [0.1, 0.15) is 11.8 Å². The van der Waals surface area contributed by atoms with E-state index in [1.807, 2.05) is 49.1 Å². The number of ether oxygens (including phenoxy) is 1. The fourth-order valence-corrected chi connectivity index (χ4v) is 4.71. The van der Waals surface area contributed by atoms with Gasteiger partial charge in [-0.2, -0.15) is 0 Å². The Labute approximate surface area is 177 Å². The van der Waals surface area contributed by atoms with E-state index < -0.39 is 6.04 Å². The van der Waals surface area contributed by atoms with E-state index in [0.717, 1.165) is 29.0 Å². The number of amides is 2. The molecule has 160 valence electrons. The SMILES string of the molecule is CO[C@H]1C[C@H]2CN(C(=O)CCc3c(C)noc3C)[C@@H](Cc3ccccc3)C(=O)N2C1. The fraction of sp³-hybridized carbons (Fsp3) is 0.522. The number of aromatic nitrogens is 1. The minimum atomic E-state index is -0.476. The monoisotopic (exact) mass is 411 g/mol. The molecule has 3 atom stereocenters. The highest BCUT2D eigenvalue weighted by molar-refractivity contribution is 5.90. The number of methoxy groups -OCH3 is 1. The van der Waals surface area contributed by atoms with Gasteiger partial charge in [0.25, 0.3) is 0 Å². The largest absolute Gasteiger partial charge is 0.380 e. The summed E-state index contributed by atoms with van der Waals surface area (Å²) < 4.78 is 10.7. The Bertz CT molecular complexity index is 891. The highest BCUT2D eigenvalue weighted by Gasteiger charge is 2.46. The average Bonchev–Trinajstić information content (AvgIpc) is 3.32. The zero-order valence-corrected chi connectivity index (χ0v) is 17.8. The van der Waals surface area contributed by atoms with Gasteiger partial charge in [0.2, 0.25) is 11.8 Å². The average molecular weight is 412 g/mol. The van der Waals surface area contributed by atoms with E-state index in [4.69, 9.17) is 9.26 Å². The van der Waals surface area contributed by atoms with Gasteiger partial charge in [-0.1, -0.05) is 35.5 Å². The fourth-order valence-electron chi connectivity index (χ4n) is 4.71. The molecule has 4 rings (SSSR count). The lowest BCUT2D eigenvalue weighted by Crippen LogP contribution is -2.61. The summed E-state index contributed by atoms with van der Waals surface area (Å²) in [6, 6.07) is 9.45. The molecule has 1 aromatic heterocycles. The number of carbonyl (C=O) groups excluding carboxylic acids is 2. The smallest absolute Gasteiger partial charge is 0.246 e. The van der Waals surface area contributed by atoms with Crippen molar-refractivity contribution in [1.29, 1.82) is 0 Å². The first-order valence-electron chi connectivity index (χ1n) is 10.6. The number of fused-ring (bicyclic) bond motifs is 1. The van der Waals surface area contributed by atoms with Gasteiger partial charge < -0.3 is 19.1 Å². The van der Waals surface area contributed by atoms with Crippen LogP contribution in [0, 0.1) is 13.8 Å². The van der Waals surface area contributed by atoms with Crippen molar-refractivity contribution < 1.29 is 18.8 Å². The zero-order valence-electron chi connectivity index (χ0n) is 17.8. The predicted molar refractivity (Wildman–Crippen MR) is 111 cm³/mol. The van der Waals surface area contributed by atoms with Crippen LogP contribution in [0.5, 0.6) is 0 Å². The van der Waals surface area contributed by atoms with Crippen LogP contribution in [0.15, 0.2) is 34.9 Å². The molecule has 0 unspecified atom stereocenters. The van der Waals surface area contributed by atoms with Crippen molar-refractivity contribution in [3.05, 3.63) is 52.9 Å². The second kappa shape index (κ2) is 8.60. The summed E-state index contributed by atoms with van der Waals surface area (Å²) in [5, 5.41) is 3.98. The van der Waals surface area contributed by atoms with E-state index >= 15 is 0 Å². The topological polar surface area (TPSA) is 75.9 Å². The van der Waals surface area contributed by atoms with Crippen molar-refractivity contribution >= 4 is 11.8 Å². The van der Waals surface area contributed by atoms with E-state index in [2.05, 4.69) is 5.16 Å². The quantitative estimate of drug-likeness (QED) is 0.729. The first-order chi connectivity index (χ1) is 14.5. The Balaban J connectivity index is 1.54. The van der Waals surface area contributed by atoms with Gasteiger partial charge in [0.15, 0.2) is 0 Å². The van der Waals surface area contributed by atoms with Crippen molar-refractivity contribution in [3.8, 4) is 0 Å². The third-order valence-electron chi connectivity index (χ3n) is 6.42. The second-order valence-electron chi connectivity index (χ2n) is 8.29. The van der Waals surface area contributed by atoms with E-state index in [-0.39, 0.29) is 24.0 Å². The number of rotatable bonds is 6. The maximum Gasteiger partial charge on any atom is 0.246 e. The number of hydrogen-bond donors (Lipinski definition) is 0. The number of aryl methyl sites for hydroxylation is 2. The number of nitrogens with zero attached hydrogens (tertiary/aromatic N) is 3. The Hall–Kier alpha value is -2.67. The summed E-state index contributed by atoms with van der Waals surface area (Å²) >= 11 is 0. The summed E-state index contributed by atoms with van der Waals surface area (Å²) in [6.45, 7) is 4.92. The first-order valence-corrected chi connectivity index (χ1v) is 10.6. The first kappa shape index (κ1) is 20.6. The third-order valence-corrected chi connectivity index (χ3v) is 6.42. The van der Waals surface area contributed by atoms with Crippen LogP contribution < -0.4 is 0 Å². The molecule has 1 aromatic carbocycles. The minimum Gasteiger partial charge on any atom is -0.380 e. The lowest BCUT2D eigenvalue weighted by Gasteiger charge is -2.43. The molecule has 2 aliphatic heterocycles. The number of carbonyl (C=O) groups is 2. The van der Waals surface area contributed by atoms with Crippen LogP contribution in [0.4, 0.5) is 0 Å². The molecular weight excluding hydrogens is 382 g/mol. The normalized spacial score (nSPS) is 23.7. The van der Waals surface area contributed by atoms with E-state index in [1.54, 1.807) is 12.0 Å². The molecule has 2 fully saturated rings. The maximum atomic E-state index is 13.4. The van der Waals surface area contributed by atoms with Crippen molar-refractivity contribution in [2.45, 2.75) is 57.7 Å². The van der Waals surface area contributed by atoms with Gasteiger partial charge in [0, 0.05) is 38.6 Å². The second-order valence-corrected chi connectivity index (χ2v) is 8.29. The van der Waals surface area contributed by atoms with E-state index in [1.165, 1.54) is 0 Å². The molecular formula is C23H29N3O4. The number of piperazine rings is 1. The Morgan fingerprint density at radius 3 is 2.67 bits per heavy atom. The van der Waals surface area contributed by atoms with Crippen LogP contribution in [0.25, 0.3) is 0 Å². The molecule has 0 N–H and O–H groups in total. The summed E-state index contributed by atoms with van der Waals surface area (Å²) in [5.41, 5.74) is 2.86. The van der Waals surface area contributed by atoms with Crippen LogP contribution in [0.3, 0.4) is 0 Å². The Kier molecular flexibility index (Phi) is 5.90. The van der Waals surface area contributed by atoms with Crippen molar-refractivity contribution in [1.82, 2.24) is 15.0 Å². The summed E-state index contributed by atoms with van der Waals surface area (Å²) in [7, 11) is 1.68. The lowest BCUT2D eigenvalue weighted by molar-refractivity contribution is -0.153. The van der Waals surface area contributed by atoms with Gasteiger partial charge >= 0.3 is 0 Å². The molecule has 0 spiro atoms. The van der Waals surface area contributed by atoms with Gasteiger partial charge in [-0.15, -0.1) is 0 Å². The standard InChI is InChI=1S/C23H29N3O4/c1-15-20(16(2)30-24-15)9-10-22(27)26-13-18-12-19(29-3)14-25(18)23(28)21(26)11-17-7-5-4-6-8-17/h4-8,18-19,21H,9-14H2,1-3H3/t18-,19-,21-/m0/s1. The maximum absolute atomic E-state index is 13.4. The third kappa shape index (κ3) is 3.99. The van der Waals surface area contributed by atoms with E-state index in [0.29, 0.717) is 32.4 Å². The molecule has 30 heavy (non-hydrogen) atoms. The Morgan fingerprint density at radius 1 is 1.23 bits per heavy atom. The number of hydrogen-bond acceptors (Lipinski definition) is 5. The molecule has 2 aromatic rings. The molecule has 2 saturated heterocycles. The van der Waals surface area contributed by atoms with Crippen molar-refractivity contribution in [3.63, 3.8) is 0 Å². The molecule has 0 radical (unpaired) electrons. The summed E-state index contributed by atoms with van der Waals surface area (Å²) in [6.07, 6.45) is 2.24. The highest BCUT2D eigenvalue weighted by Crippen LogP contribution is 2.29. The minimum absolute atomic E-state index is 0.00444. The highest BCUT2D eigenvalue weighted by atomic mass is 16.5. The van der Waals surface area contributed by atoms with Crippen molar-refractivity contribution in [2.75, 3.05) is 20.2 Å². The molecule has 0 bridgehead atoms. The molecule has 2 aliphatic rings. The molecule has 7 nitrogen and oxygen atoms in total. The van der Waals surface area contributed by atoms with Gasteiger partial charge in [-0.05, 0) is 32.3 Å².